The zero-order valence-corrected chi connectivity index (χ0v) is 20.0. The summed E-state index contributed by atoms with van der Waals surface area (Å²) >= 11 is 0. The van der Waals surface area contributed by atoms with Crippen molar-refractivity contribution in [1.82, 2.24) is 0 Å². The summed E-state index contributed by atoms with van der Waals surface area (Å²) in [6, 6.07) is 9.94. The molecule has 0 aromatic heterocycles. The van der Waals surface area contributed by atoms with E-state index in [9.17, 15) is 22.7 Å². The summed E-state index contributed by atoms with van der Waals surface area (Å²) in [5, 5.41) is 10.5. The van der Waals surface area contributed by atoms with Crippen LogP contribution in [-0.2, 0) is 34.3 Å². The number of aryl methyl sites for hydroxylation is 2. The Morgan fingerprint density at radius 1 is 1.27 bits per heavy atom. The average Bonchev–Trinajstić information content (AvgIpc) is 2.70. The van der Waals surface area contributed by atoms with Crippen LogP contribution >= 0.6 is 0 Å². The minimum absolute atomic E-state index is 0. The molecule has 0 N–H and O–H groups in total. The number of carboxylic acid groups (broad SMARTS) is 1. The third kappa shape index (κ3) is 5.75. The summed E-state index contributed by atoms with van der Waals surface area (Å²) in [7, 11) is -3.43. The van der Waals surface area contributed by atoms with E-state index in [0.29, 0.717) is 29.1 Å². The van der Waals surface area contributed by atoms with Gasteiger partial charge in [0.25, 0.3) is 0 Å². The summed E-state index contributed by atoms with van der Waals surface area (Å²) in [6.07, 6.45) is 1.33. The Morgan fingerprint density at radius 3 is 2.70 bits per heavy atom. The molecule has 0 aliphatic carbocycles. The second kappa shape index (κ2) is 10.6. The number of nitrogens with zero attached hydrogens (tertiary/aromatic N) is 1. The Kier molecular flexibility index (Phi) is 8.73. The maximum absolute atomic E-state index is 14.2. The van der Waals surface area contributed by atoms with E-state index in [4.69, 9.17) is 4.74 Å². The monoisotopic (exact) mass is 443 g/mol. The van der Waals surface area contributed by atoms with E-state index in [-0.39, 0.29) is 54.8 Å². The van der Waals surface area contributed by atoms with Crippen molar-refractivity contribution in [2.75, 3.05) is 16.6 Å². The number of carbonyl (C=O) groups excluding carboxylic acids is 1. The third-order valence-electron chi connectivity index (χ3n) is 4.95. The van der Waals surface area contributed by atoms with Crippen LogP contribution in [0.1, 0.15) is 36.5 Å². The Morgan fingerprint density at radius 2 is 2.03 bits per heavy atom. The first-order valence-electron chi connectivity index (χ1n) is 9.54. The molecule has 9 heteroatoms. The molecule has 30 heavy (non-hydrogen) atoms. The number of rotatable bonds is 8. The van der Waals surface area contributed by atoms with E-state index in [2.05, 4.69) is 0 Å². The molecule has 2 aromatic carbocycles. The number of ether oxygens (including phenoxy) is 1. The Bertz CT molecular complexity index is 1010. The largest absolute Gasteiger partial charge is 1.00 e. The van der Waals surface area contributed by atoms with E-state index >= 15 is 0 Å². The van der Waals surface area contributed by atoms with E-state index in [1.807, 2.05) is 12.1 Å². The summed E-state index contributed by atoms with van der Waals surface area (Å²) in [5.41, 5.74) is 2.34. The van der Waals surface area contributed by atoms with Crippen LogP contribution in [0.5, 0.6) is 5.75 Å². The van der Waals surface area contributed by atoms with Gasteiger partial charge in [-0.1, -0.05) is 24.3 Å². The molecule has 3 rings (SSSR count). The SMILES string of the molecule is CCS(=O)(=O)N1CCCc2cccc(OCc3ccc(CCC(=O)[O-])c(F)c3)c21.[Na+]. The average molecular weight is 443 g/mol. The van der Waals surface area contributed by atoms with Gasteiger partial charge in [-0.25, -0.2) is 12.8 Å². The summed E-state index contributed by atoms with van der Waals surface area (Å²) in [6.45, 7) is 2.08. The van der Waals surface area contributed by atoms with E-state index < -0.39 is 21.8 Å². The molecule has 0 amide bonds. The molecule has 0 radical (unpaired) electrons. The van der Waals surface area contributed by atoms with Gasteiger partial charge in [-0.3, -0.25) is 4.31 Å². The first-order valence-corrected chi connectivity index (χ1v) is 11.1. The summed E-state index contributed by atoms with van der Waals surface area (Å²) in [5.74, 6) is -1.28. The predicted molar refractivity (Wildman–Crippen MR) is 106 cm³/mol. The predicted octanol–water partition coefficient (Wildman–Crippen LogP) is -0.806. The number of halogens is 1. The van der Waals surface area contributed by atoms with Gasteiger partial charge in [0.15, 0.2) is 0 Å². The number of hydrogen-bond donors (Lipinski definition) is 0. The molecule has 0 saturated heterocycles. The first-order chi connectivity index (χ1) is 13.8. The van der Waals surface area contributed by atoms with E-state index in [0.717, 1.165) is 18.4 Å². The molecule has 2 aromatic rings. The van der Waals surface area contributed by atoms with E-state index in [1.54, 1.807) is 19.1 Å². The number of carboxylic acids is 1. The van der Waals surface area contributed by atoms with Gasteiger partial charge >= 0.3 is 29.6 Å². The normalized spacial score (nSPS) is 13.3. The molecule has 0 fully saturated rings. The molecule has 0 bridgehead atoms. The van der Waals surface area contributed by atoms with Crippen molar-refractivity contribution in [3.05, 3.63) is 58.9 Å². The van der Waals surface area contributed by atoms with Gasteiger partial charge < -0.3 is 14.6 Å². The van der Waals surface area contributed by atoms with Crippen molar-refractivity contribution in [2.45, 2.75) is 39.2 Å². The van der Waals surface area contributed by atoms with Crippen molar-refractivity contribution in [2.24, 2.45) is 0 Å². The maximum Gasteiger partial charge on any atom is 1.00 e. The standard InChI is InChI=1S/C21H24FNO5S.Na/c1-2-29(26,27)23-12-4-6-17-5-3-7-19(21(17)23)28-14-15-8-9-16(18(22)13-15)10-11-20(24)25;/h3,5,7-9,13H,2,4,6,10-12,14H2,1H3,(H,24,25);/q;+1/p-1. The number of carbonyl (C=O) groups is 1. The van der Waals surface area contributed by atoms with Crippen molar-refractivity contribution < 1.29 is 57.0 Å². The van der Waals surface area contributed by atoms with Gasteiger partial charge in [0.05, 0.1) is 11.4 Å². The second-order valence-electron chi connectivity index (χ2n) is 6.93. The zero-order chi connectivity index (χ0) is 21.0. The van der Waals surface area contributed by atoms with Crippen LogP contribution in [0.2, 0.25) is 0 Å². The van der Waals surface area contributed by atoms with Crippen molar-refractivity contribution in [3.8, 4) is 5.75 Å². The molecule has 6 nitrogen and oxygen atoms in total. The minimum Gasteiger partial charge on any atom is -0.550 e. The van der Waals surface area contributed by atoms with Gasteiger partial charge in [0.2, 0.25) is 10.0 Å². The summed E-state index contributed by atoms with van der Waals surface area (Å²) < 4.78 is 46.5. The summed E-state index contributed by atoms with van der Waals surface area (Å²) in [4.78, 5) is 10.5. The Labute approximate surface area is 198 Å². The van der Waals surface area contributed by atoms with Crippen LogP contribution in [0.3, 0.4) is 0 Å². The number of hydrogen-bond acceptors (Lipinski definition) is 5. The smallest absolute Gasteiger partial charge is 0.550 e. The van der Waals surface area contributed by atoms with Crippen molar-refractivity contribution in [3.63, 3.8) is 0 Å². The first kappa shape index (κ1) is 24.7. The fraction of sp³-hybridized carbons (Fsp3) is 0.381. The van der Waals surface area contributed by atoms with Gasteiger partial charge in [-0.15, -0.1) is 0 Å². The van der Waals surface area contributed by atoms with Crippen LogP contribution in [0.15, 0.2) is 36.4 Å². The molecule has 1 aliphatic heterocycles. The van der Waals surface area contributed by atoms with Gasteiger partial charge in [0, 0.05) is 12.5 Å². The molecule has 0 spiro atoms. The maximum atomic E-state index is 14.2. The molecule has 0 atom stereocenters. The molecular formula is C21H23FNNaO5S. The Balaban J connectivity index is 0.00000320. The second-order valence-corrected chi connectivity index (χ2v) is 9.11. The Hall–Kier alpha value is -1.61. The number of anilines is 1. The number of aliphatic carboxylic acids is 1. The molecule has 1 aliphatic rings. The zero-order valence-electron chi connectivity index (χ0n) is 17.2. The topological polar surface area (TPSA) is 86.7 Å². The van der Waals surface area contributed by atoms with Crippen LogP contribution < -0.4 is 43.7 Å². The van der Waals surface area contributed by atoms with Crippen molar-refractivity contribution >= 4 is 21.7 Å². The fourth-order valence-corrected chi connectivity index (χ4v) is 4.61. The fourth-order valence-electron chi connectivity index (χ4n) is 3.41. The molecule has 0 unspecified atom stereocenters. The van der Waals surface area contributed by atoms with Crippen LogP contribution in [0, 0.1) is 5.82 Å². The van der Waals surface area contributed by atoms with Crippen LogP contribution in [0.4, 0.5) is 10.1 Å². The third-order valence-corrected chi connectivity index (χ3v) is 6.72. The quantitative estimate of drug-likeness (QED) is 0.499. The molecule has 0 saturated carbocycles. The van der Waals surface area contributed by atoms with E-state index in [1.165, 1.54) is 16.4 Å². The van der Waals surface area contributed by atoms with Crippen LogP contribution in [0.25, 0.3) is 0 Å². The number of sulfonamides is 1. The van der Waals surface area contributed by atoms with Crippen LogP contribution in [-0.4, -0.2) is 26.7 Å². The molecule has 156 valence electrons. The minimum atomic E-state index is -3.43. The number of benzene rings is 2. The molecule has 1 heterocycles. The van der Waals surface area contributed by atoms with Gasteiger partial charge in [-0.2, -0.15) is 0 Å². The number of fused-ring (bicyclic) bond motifs is 1. The van der Waals surface area contributed by atoms with Gasteiger partial charge in [0.1, 0.15) is 18.2 Å². The van der Waals surface area contributed by atoms with Crippen molar-refractivity contribution in [1.29, 1.82) is 0 Å². The number of para-hydroxylation sites is 1. The molecular weight excluding hydrogens is 420 g/mol. The van der Waals surface area contributed by atoms with Gasteiger partial charge in [-0.05, 0) is 61.4 Å².